The molecule has 0 saturated heterocycles. The Kier molecular flexibility index (Phi) is 3.60. The van der Waals surface area contributed by atoms with Gasteiger partial charge in [-0.15, -0.1) is 0 Å². The van der Waals surface area contributed by atoms with Gasteiger partial charge >= 0.3 is 0 Å². The van der Waals surface area contributed by atoms with Crippen LogP contribution in [0.25, 0.3) is 22.6 Å². The monoisotopic (exact) mass is 320 g/mol. The number of amides is 1. The molecule has 1 fully saturated rings. The third-order valence-electron chi connectivity index (χ3n) is 4.76. The first kappa shape index (κ1) is 14.9. The van der Waals surface area contributed by atoms with Gasteiger partial charge in [0.2, 0.25) is 11.8 Å². The minimum Gasteiger partial charge on any atom is -0.436 e. The molecule has 0 aliphatic heterocycles. The number of aryl methyl sites for hydroxylation is 2. The summed E-state index contributed by atoms with van der Waals surface area (Å²) < 4.78 is 5.95. The molecule has 24 heavy (non-hydrogen) atoms. The third-order valence-corrected chi connectivity index (χ3v) is 4.76. The number of benzene rings is 2. The van der Waals surface area contributed by atoms with Crippen molar-refractivity contribution in [1.82, 2.24) is 4.98 Å². The van der Waals surface area contributed by atoms with E-state index < -0.39 is 0 Å². The van der Waals surface area contributed by atoms with Crippen LogP contribution >= 0.6 is 0 Å². The van der Waals surface area contributed by atoms with E-state index in [1.165, 1.54) is 0 Å². The van der Waals surface area contributed by atoms with E-state index in [0.717, 1.165) is 52.7 Å². The Morgan fingerprint density at radius 1 is 1.21 bits per heavy atom. The Labute approximate surface area is 140 Å². The van der Waals surface area contributed by atoms with Gasteiger partial charge in [-0.05, 0) is 56.0 Å². The molecule has 3 aromatic rings. The normalized spacial score (nSPS) is 14.6. The van der Waals surface area contributed by atoms with Crippen LogP contribution < -0.4 is 5.32 Å². The molecule has 1 N–H and O–H groups in total. The molecule has 0 atom stereocenters. The number of hydrogen-bond acceptors (Lipinski definition) is 3. The van der Waals surface area contributed by atoms with Crippen molar-refractivity contribution in [3.63, 3.8) is 0 Å². The van der Waals surface area contributed by atoms with Crippen molar-refractivity contribution in [2.24, 2.45) is 5.92 Å². The lowest BCUT2D eigenvalue weighted by Gasteiger charge is -2.24. The molecule has 2 aromatic carbocycles. The van der Waals surface area contributed by atoms with Crippen molar-refractivity contribution in [2.45, 2.75) is 33.1 Å². The highest BCUT2D eigenvalue weighted by Crippen LogP contribution is 2.35. The quantitative estimate of drug-likeness (QED) is 0.750. The topological polar surface area (TPSA) is 55.1 Å². The molecule has 4 nitrogen and oxygen atoms in total. The van der Waals surface area contributed by atoms with Gasteiger partial charge in [0.25, 0.3) is 0 Å². The van der Waals surface area contributed by atoms with E-state index in [9.17, 15) is 4.79 Å². The van der Waals surface area contributed by atoms with E-state index >= 15 is 0 Å². The summed E-state index contributed by atoms with van der Waals surface area (Å²) >= 11 is 0. The van der Waals surface area contributed by atoms with Gasteiger partial charge in [-0.3, -0.25) is 4.79 Å². The molecule has 1 aliphatic carbocycles. The predicted molar refractivity (Wildman–Crippen MR) is 94.9 cm³/mol. The molecule has 4 rings (SSSR count). The number of fused-ring (bicyclic) bond motifs is 1. The zero-order chi connectivity index (χ0) is 16.7. The molecule has 1 aromatic heterocycles. The molecule has 1 saturated carbocycles. The van der Waals surface area contributed by atoms with Crippen molar-refractivity contribution < 1.29 is 9.21 Å². The number of carbonyl (C=O) groups is 1. The maximum atomic E-state index is 12.3. The zero-order valence-electron chi connectivity index (χ0n) is 13.9. The van der Waals surface area contributed by atoms with E-state index in [-0.39, 0.29) is 11.8 Å². The van der Waals surface area contributed by atoms with Gasteiger partial charge in [-0.25, -0.2) is 4.98 Å². The van der Waals surface area contributed by atoms with Gasteiger partial charge in [-0.2, -0.15) is 0 Å². The second kappa shape index (κ2) is 5.78. The largest absolute Gasteiger partial charge is 0.436 e. The Bertz CT molecular complexity index is 923. The first-order valence-electron chi connectivity index (χ1n) is 8.40. The Morgan fingerprint density at radius 3 is 2.79 bits per heavy atom. The summed E-state index contributed by atoms with van der Waals surface area (Å²) in [5.41, 5.74) is 5.41. The predicted octanol–water partition coefficient (Wildman–Crippen LogP) is 4.85. The Balaban J connectivity index is 1.76. The van der Waals surface area contributed by atoms with Crippen LogP contribution in [0.1, 0.15) is 30.4 Å². The zero-order valence-corrected chi connectivity index (χ0v) is 13.9. The summed E-state index contributed by atoms with van der Waals surface area (Å²) in [6.07, 6.45) is 3.10. The van der Waals surface area contributed by atoms with Crippen LogP contribution in [-0.4, -0.2) is 10.9 Å². The van der Waals surface area contributed by atoms with E-state index in [1.807, 2.05) is 50.2 Å². The van der Waals surface area contributed by atoms with Gasteiger partial charge in [0.15, 0.2) is 5.58 Å². The lowest BCUT2D eigenvalue weighted by atomic mass is 9.84. The first-order chi connectivity index (χ1) is 11.6. The van der Waals surface area contributed by atoms with Gasteiger partial charge in [0, 0.05) is 5.92 Å². The average molecular weight is 320 g/mol. The number of carbonyl (C=O) groups excluding carboxylic acids is 1. The number of nitrogens with zero attached hydrogens (tertiary/aromatic N) is 1. The van der Waals surface area contributed by atoms with Crippen molar-refractivity contribution in [1.29, 1.82) is 0 Å². The number of anilines is 1. The Morgan fingerprint density at radius 2 is 2.04 bits per heavy atom. The number of rotatable bonds is 3. The van der Waals surface area contributed by atoms with Crippen molar-refractivity contribution in [3.8, 4) is 11.5 Å². The van der Waals surface area contributed by atoms with E-state index in [1.54, 1.807) is 0 Å². The van der Waals surface area contributed by atoms with Crippen LogP contribution in [0.2, 0.25) is 0 Å². The lowest BCUT2D eigenvalue weighted by Crippen LogP contribution is -2.28. The molecule has 0 radical (unpaired) electrons. The van der Waals surface area contributed by atoms with E-state index in [2.05, 4.69) is 10.3 Å². The summed E-state index contributed by atoms with van der Waals surface area (Å²) in [6, 6.07) is 11.8. The van der Waals surface area contributed by atoms with E-state index in [4.69, 9.17) is 4.42 Å². The van der Waals surface area contributed by atoms with Crippen LogP contribution in [0.15, 0.2) is 40.8 Å². The summed E-state index contributed by atoms with van der Waals surface area (Å²) in [5.74, 6) is 0.794. The highest BCUT2D eigenvalue weighted by atomic mass is 16.3. The molecule has 0 bridgehead atoms. The fraction of sp³-hybridized carbons (Fsp3) is 0.300. The van der Waals surface area contributed by atoms with Gasteiger partial charge < -0.3 is 9.73 Å². The maximum absolute atomic E-state index is 12.3. The lowest BCUT2D eigenvalue weighted by molar-refractivity contribution is -0.122. The molecule has 1 aliphatic rings. The van der Waals surface area contributed by atoms with Crippen molar-refractivity contribution >= 4 is 22.7 Å². The van der Waals surface area contributed by atoms with E-state index in [0.29, 0.717) is 5.89 Å². The van der Waals surface area contributed by atoms with Crippen molar-refractivity contribution in [3.05, 3.63) is 47.5 Å². The Hall–Kier alpha value is -2.62. The minimum atomic E-state index is 0.0973. The van der Waals surface area contributed by atoms with Crippen LogP contribution in [0, 0.1) is 19.8 Å². The minimum absolute atomic E-state index is 0.0973. The highest BCUT2D eigenvalue weighted by molar-refractivity contribution is 5.97. The second-order valence-electron chi connectivity index (χ2n) is 6.60. The van der Waals surface area contributed by atoms with Crippen LogP contribution in [-0.2, 0) is 4.79 Å². The fourth-order valence-corrected chi connectivity index (χ4v) is 3.11. The smallest absolute Gasteiger partial charge is 0.229 e. The van der Waals surface area contributed by atoms with Gasteiger partial charge in [0.1, 0.15) is 5.52 Å². The number of oxazole rings is 1. The highest BCUT2D eigenvalue weighted by Gasteiger charge is 2.26. The average Bonchev–Trinajstić information content (AvgIpc) is 2.87. The van der Waals surface area contributed by atoms with Crippen LogP contribution in [0.5, 0.6) is 0 Å². The van der Waals surface area contributed by atoms with Gasteiger partial charge in [-0.1, -0.05) is 24.6 Å². The first-order valence-corrected chi connectivity index (χ1v) is 8.40. The number of aromatic nitrogens is 1. The SMILES string of the molecule is Cc1ccc2oc(-c3c(C)cccc3NC(=O)C3CCC3)nc2c1. The summed E-state index contributed by atoms with van der Waals surface area (Å²) in [6.45, 7) is 4.04. The van der Waals surface area contributed by atoms with Crippen LogP contribution in [0.3, 0.4) is 0 Å². The van der Waals surface area contributed by atoms with Gasteiger partial charge in [0.05, 0.1) is 11.3 Å². The number of hydrogen-bond donors (Lipinski definition) is 1. The molecule has 1 heterocycles. The third kappa shape index (κ3) is 2.58. The molecular weight excluding hydrogens is 300 g/mol. The molecule has 0 unspecified atom stereocenters. The van der Waals surface area contributed by atoms with Crippen molar-refractivity contribution in [2.75, 3.05) is 5.32 Å². The molecule has 1 amide bonds. The summed E-state index contributed by atoms with van der Waals surface area (Å²) in [7, 11) is 0. The fourth-order valence-electron chi connectivity index (χ4n) is 3.11. The molecule has 4 heteroatoms. The summed E-state index contributed by atoms with van der Waals surface area (Å²) in [4.78, 5) is 17.0. The molecular formula is C20H20N2O2. The molecule has 0 spiro atoms. The molecule has 122 valence electrons. The standard InChI is InChI=1S/C20H20N2O2/c1-12-9-10-17-16(11-12)22-20(24-17)18-13(2)5-3-8-15(18)21-19(23)14-6-4-7-14/h3,5,8-11,14H,4,6-7H2,1-2H3,(H,21,23). The summed E-state index contributed by atoms with van der Waals surface area (Å²) in [5, 5.41) is 3.07. The number of nitrogens with one attached hydrogen (secondary N) is 1. The maximum Gasteiger partial charge on any atom is 0.229 e. The van der Waals surface area contributed by atoms with Crippen LogP contribution in [0.4, 0.5) is 5.69 Å². The second-order valence-corrected chi connectivity index (χ2v) is 6.60.